The summed E-state index contributed by atoms with van der Waals surface area (Å²) >= 11 is 5.89. The highest BCUT2D eigenvalue weighted by Crippen LogP contribution is 2.43. The summed E-state index contributed by atoms with van der Waals surface area (Å²) in [7, 11) is 0. The van der Waals surface area contributed by atoms with Gasteiger partial charge in [0, 0.05) is 10.6 Å². The SMILES string of the molecule is CC1(C)CCC(C(=O)OO)=C(c2ccc(Cl)cc2)C1. The lowest BCUT2D eigenvalue weighted by Gasteiger charge is -2.32. The van der Waals surface area contributed by atoms with E-state index in [1.807, 2.05) is 12.1 Å². The van der Waals surface area contributed by atoms with Crippen LogP contribution >= 0.6 is 11.6 Å². The summed E-state index contributed by atoms with van der Waals surface area (Å²) in [6.07, 6.45) is 2.29. The molecule has 1 N–H and O–H groups in total. The van der Waals surface area contributed by atoms with Gasteiger partial charge in [-0.3, -0.25) is 4.89 Å². The number of hydrogen-bond acceptors (Lipinski definition) is 3. The maximum atomic E-state index is 11.7. The van der Waals surface area contributed by atoms with Crippen LogP contribution in [0.4, 0.5) is 0 Å². The van der Waals surface area contributed by atoms with Crippen molar-refractivity contribution in [2.75, 3.05) is 0 Å². The first-order valence-electron chi connectivity index (χ1n) is 6.27. The first kappa shape index (κ1) is 14.1. The minimum absolute atomic E-state index is 0.133. The fourth-order valence-electron chi connectivity index (χ4n) is 2.50. The number of benzene rings is 1. The molecule has 0 heterocycles. The Balaban J connectivity index is 2.47. The summed E-state index contributed by atoms with van der Waals surface area (Å²) in [5, 5.41) is 9.28. The van der Waals surface area contributed by atoms with Gasteiger partial charge < -0.3 is 0 Å². The van der Waals surface area contributed by atoms with Gasteiger partial charge in [0.1, 0.15) is 0 Å². The average molecular weight is 281 g/mol. The van der Waals surface area contributed by atoms with Gasteiger partial charge in [-0.25, -0.2) is 4.79 Å². The highest BCUT2D eigenvalue weighted by molar-refractivity contribution is 6.30. The minimum atomic E-state index is -0.652. The Morgan fingerprint density at radius 1 is 1.32 bits per heavy atom. The fourth-order valence-corrected chi connectivity index (χ4v) is 2.62. The Morgan fingerprint density at radius 2 is 1.95 bits per heavy atom. The molecule has 0 spiro atoms. The van der Waals surface area contributed by atoms with Crippen molar-refractivity contribution in [2.24, 2.45) is 5.41 Å². The summed E-state index contributed by atoms with van der Waals surface area (Å²) in [6.45, 7) is 4.34. The number of halogens is 1. The van der Waals surface area contributed by atoms with E-state index in [1.54, 1.807) is 12.1 Å². The van der Waals surface area contributed by atoms with Crippen LogP contribution in [-0.2, 0) is 9.68 Å². The average Bonchev–Trinajstić information content (AvgIpc) is 2.38. The Labute approximate surface area is 117 Å². The zero-order valence-corrected chi connectivity index (χ0v) is 11.8. The lowest BCUT2D eigenvalue weighted by Crippen LogP contribution is -2.21. The molecule has 0 atom stereocenters. The molecule has 1 aromatic carbocycles. The van der Waals surface area contributed by atoms with E-state index in [0.717, 1.165) is 24.0 Å². The molecule has 3 nitrogen and oxygen atoms in total. The van der Waals surface area contributed by atoms with Crippen LogP contribution in [0.5, 0.6) is 0 Å². The van der Waals surface area contributed by atoms with Gasteiger partial charge in [-0.1, -0.05) is 37.6 Å². The van der Waals surface area contributed by atoms with E-state index in [2.05, 4.69) is 18.7 Å². The molecule has 19 heavy (non-hydrogen) atoms. The van der Waals surface area contributed by atoms with E-state index in [1.165, 1.54) is 0 Å². The van der Waals surface area contributed by atoms with Gasteiger partial charge in [0.15, 0.2) is 0 Å². The molecule has 1 aromatic rings. The van der Waals surface area contributed by atoms with Crippen molar-refractivity contribution < 1.29 is 14.9 Å². The molecule has 0 saturated carbocycles. The quantitative estimate of drug-likeness (QED) is 0.648. The Morgan fingerprint density at radius 3 is 2.53 bits per heavy atom. The second-order valence-electron chi connectivity index (χ2n) is 5.68. The molecule has 102 valence electrons. The van der Waals surface area contributed by atoms with Crippen LogP contribution in [0.25, 0.3) is 5.57 Å². The van der Waals surface area contributed by atoms with Gasteiger partial charge in [0.25, 0.3) is 0 Å². The van der Waals surface area contributed by atoms with Crippen molar-refractivity contribution in [3.05, 3.63) is 40.4 Å². The summed E-state index contributed by atoms with van der Waals surface area (Å²) in [4.78, 5) is 15.6. The molecule has 0 unspecified atom stereocenters. The Kier molecular flexibility index (Phi) is 3.97. The summed E-state index contributed by atoms with van der Waals surface area (Å²) < 4.78 is 0. The van der Waals surface area contributed by atoms with E-state index in [4.69, 9.17) is 16.9 Å². The molecule has 1 aliphatic rings. The number of carbonyl (C=O) groups is 1. The smallest absolute Gasteiger partial charge is 0.296 e. The van der Waals surface area contributed by atoms with Crippen LogP contribution in [-0.4, -0.2) is 11.2 Å². The highest BCUT2D eigenvalue weighted by atomic mass is 35.5. The highest BCUT2D eigenvalue weighted by Gasteiger charge is 2.31. The van der Waals surface area contributed by atoms with Crippen LogP contribution in [0, 0.1) is 5.41 Å². The molecule has 0 radical (unpaired) electrons. The minimum Gasteiger partial charge on any atom is -0.296 e. The normalized spacial score (nSPS) is 18.3. The number of hydrogen-bond donors (Lipinski definition) is 1. The first-order chi connectivity index (χ1) is 8.93. The maximum Gasteiger partial charge on any atom is 0.369 e. The van der Waals surface area contributed by atoms with Crippen LogP contribution < -0.4 is 0 Å². The van der Waals surface area contributed by atoms with E-state index < -0.39 is 5.97 Å². The van der Waals surface area contributed by atoms with Crippen molar-refractivity contribution in [2.45, 2.75) is 33.1 Å². The molecule has 0 fully saturated rings. The molecule has 1 aliphatic carbocycles. The summed E-state index contributed by atoms with van der Waals surface area (Å²) in [6, 6.07) is 7.38. The van der Waals surface area contributed by atoms with Gasteiger partial charge in [-0.05, 0) is 47.9 Å². The second-order valence-corrected chi connectivity index (χ2v) is 6.12. The largest absolute Gasteiger partial charge is 0.369 e. The molecule has 4 heteroatoms. The van der Waals surface area contributed by atoms with E-state index in [9.17, 15) is 4.79 Å². The molecule has 0 aliphatic heterocycles. The zero-order chi connectivity index (χ0) is 14.0. The van der Waals surface area contributed by atoms with Gasteiger partial charge in [0.2, 0.25) is 0 Å². The van der Waals surface area contributed by atoms with Gasteiger partial charge >= 0.3 is 5.97 Å². The fraction of sp³-hybridized carbons (Fsp3) is 0.400. The van der Waals surface area contributed by atoms with Crippen molar-refractivity contribution in [1.82, 2.24) is 0 Å². The third-order valence-electron chi connectivity index (χ3n) is 3.59. The third-order valence-corrected chi connectivity index (χ3v) is 3.85. The van der Waals surface area contributed by atoms with Crippen LogP contribution in [0.15, 0.2) is 29.8 Å². The van der Waals surface area contributed by atoms with Crippen molar-refractivity contribution >= 4 is 23.1 Å². The number of carbonyl (C=O) groups excluding carboxylic acids is 1. The van der Waals surface area contributed by atoms with Crippen LogP contribution in [0.3, 0.4) is 0 Å². The third kappa shape index (κ3) is 3.17. The van der Waals surface area contributed by atoms with E-state index in [-0.39, 0.29) is 5.41 Å². The Hall–Kier alpha value is -1.32. The molecule has 0 bridgehead atoms. The standard InChI is InChI=1S/C15H17ClO3/c1-15(2)8-7-12(14(17)19-18)13(9-15)10-3-5-11(16)6-4-10/h3-6,18H,7-9H2,1-2H3. The molecular formula is C15H17ClO3. The number of allylic oxidation sites excluding steroid dienone is 1. The van der Waals surface area contributed by atoms with E-state index >= 15 is 0 Å². The predicted molar refractivity (Wildman–Crippen MR) is 74.7 cm³/mol. The summed E-state index contributed by atoms with van der Waals surface area (Å²) in [5.41, 5.74) is 2.59. The van der Waals surface area contributed by atoms with E-state index in [0.29, 0.717) is 17.0 Å². The lowest BCUT2D eigenvalue weighted by atomic mass is 9.72. The predicted octanol–water partition coefficient (Wildman–Crippen LogP) is 4.32. The second kappa shape index (κ2) is 5.35. The van der Waals surface area contributed by atoms with Crippen molar-refractivity contribution in [3.8, 4) is 0 Å². The Bertz CT molecular complexity index is 515. The van der Waals surface area contributed by atoms with Crippen LogP contribution in [0.2, 0.25) is 5.02 Å². The van der Waals surface area contributed by atoms with Crippen molar-refractivity contribution in [1.29, 1.82) is 0 Å². The van der Waals surface area contributed by atoms with Crippen LogP contribution in [0.1, 0.15) is 38.7 Å². The monoisotopic (exact) mass is 280 g/mol. The molecular weight excluding hydrogens is 264 g/mol. The number of rotatable bonds is 2. The molecule has 0 saturated heterocycles. The van der Waals surface area contributed by atoms with Crippen molar-refractivity contribution in [3.63, 3.8) is 0 Å². The van der Waals surface area contributed by atoms with Gasteiger partial charge in [-0.2, -0.15) is 5.26 Å². The van der Waals surface area contributed by atoms with Gasteiger partial charge in [-0.15, -0.1) is 0 Å². The molecule has 0 amide bonds. The zero-order valence-electron chi connectivity index (χ0n) is 11.1. The summed E-state index contributed by atoms with van der Waals surface area (Å²) in [5.74, 6) is -0.652. The topological polar surface area (TPSA) is 46.5 Å². The molecule has 0 aromatic heterocycles. The maximum absolute atomic E-state index is 11.7. The van der Waals surface area contributed by atoms with Gasteiger partial charge in [0.05, 0.1) is 0 Å². The first-order valence-corrected chi connectivity index (χ1v) is 6.64. The molecule has 2 rings (SSSR count). The lowest BCUT2D eigenvalue weighted by molar-refractivity contribution is -0.229.